The molecule has 1 heterocycles. The van der Waals surface area contributed by atoms with E-state index >= 15 is 0 Å². The molecule has 0 unspecified atom stereocenters. The summed E-state index contributed by atoms with van der Waals surface area (Å²) in [7, 11) is 0. The van der Waals surface area contributed by atoms with E-state index in [9.17, 15) is 27.2 Å². The first-order valence-electron chi connectivity index (χ1n) is 10.9. The van der Waals surface area contributed by atoms with E-state index in [0.717, 1.165) is 31.4 Å². The van der Waals surface area contributed by atoms with Crippen LogP contribution in [0.5, 0.6) is 5.75 Å². The Morgan fingerprint density at radius 2 is 1.68 bits per heavy atom. The minimum atomic E-state index is -5.34. The molecule has 1 aliphatic carbocycles. The van der Waals surface area contributed by atoms with Gasteiger partial charge in [0.15, 0.2) is 0 Å². The number of carbonyl (C=O) groups excluding carboxylic acids is 2. The molecule has 1 saturated heterocycles. The Kier molecular flexibility index (Phi) is 7.14. The fraction of sp³-hybridized carbons (Fsp3) is 0.417. The smallest absolute Gasteiger partial charge is 0.490 e. The second-order valence-electron chi connectivity index (χ2n) is 8.53. The van der Waals surface area contributed by atoms with E-state index in [0.29, 0.717) is 35.8 Å². The summed E-state index contributed by atoms with van der Waals surface area (Å²) in [5.74, 6) is -4.48. The molecule has 1 aliphatic heterocycles. The number of alkyl halides is 3. The van der Waals surface area contributed by atoms with Crippen LogP contribution in [0.3, 0.4) is 0 Å². The summed E-state index contributed by atoms with van der Waals surface area (Å²) in [5.41, 5.74) is 0.710. The number of benzene rings is 2. The fourth-order valence-electron chi connectivity index (χ4n) is 4.03. The van der Waals surface area contributed by atoms with E-state index in [2.05, 4.69) is 9.64 Å². The summed E-state index contributed by atoms with van der Waals surface area (Å²) in [6, 6.07) is 9.54. The Labute approximate surface area is 198 Å². The van der Waals surface area contributed by atoms with Crippen molar-refractivity contribution in [2.24, 2.45) is 0 Å². The van der Waals surface area contributed by atoms with Crippen LogP contribution in [-0.4, -0.2) is 42.2 Å². The van der Waals surface area contributed by atoms with Gasteiger partial charge in [-0.3, -0.25) is 4.90 Å². The SMILES string of the molecule is O=C(OC(=O)C(F)(F)F)c1cc(C2CC2)c(CN2CCC(Oc3ccc(Cl)cc3)CC2)cc1F. The van der Waals surface area contributed by atoms with Crippen LogP contribution in [0.2, 0.25) is 5.02 Å². The largest absolute Gasteiger partial charge is 0.491 e. The highest BCUT2D eigenvalue weighted by molar-refractivity contribution is 6.30. The number of piperidine rings is 1. The van der Waals surface area contributed by atoms with Gasteiger partial charge in [0.05, 0.1) is 5.56 Å². The van der Waals surface area contributed by atoms with E-state index in [1.54, 1.807) is 12.1 Å². The van der Waals surface area contributed by atoms with Crippen LogP contribution in [0, 0.1) is 5.82 Å². The van der Waals surface area contributed by atoms with E-state index < -0.39 is 29.5 Å². The highest BCUT2D eigenvalue weighted by atomic mass is 35.5. The van der Waals surface area contributed by atoms with Crippen LogP contribution in [0.15, 0.2) is 36.4 Å². The van der Waals surface area contributed by atoms with Crippen molar-refractivity contribution in [3.05, 3.63) is 63.9 Å². The molecule has 2 aliphatic rings. The van der Waals surface area contributed by atoms with Crippen molar-refractivity contribution in [1.29, 1.82) is 0 Å². The molecule has 10 heteroatoms. The van der Waals surface area contributed by atoms with Gasteiger partial charge in [0.25, 0.3) is 0 Å². The number of hydrogen-bond acceptors (Lipinski definition) is 5. The first kappa shape index (κ1) is 24.5. The molecule has 0 radical (unpaired) electrons. The highest BCUT2D eigenvalue weighted by Crippen LogP contribution is 2.43. The van der Waals surface area contributed by atoms with Crippen LogP contribution in [0.25, 0.3) is 0 Å². The number of esters is 2. The average Bonchev–Trinajstić information content (AvgIpc) is 3.61. The lowest BCUT2D eigenvalue weighted by atomic mass is 9.98. The van der Waals surface area contributed by atoms with Crippen molar-refractivity contribution < 1.29 is 36.6 Å². The Morgan fingerprint density at radius 3 is 2.26 bits per heavy atom. The highest BCUT2D eigenvalue weighted by Gasteiger charge is 2.43. The predicted molar refractivity (Wildman–Crippen MR) is 115 cm³/mol. The van der Waals surface area contributed by atoms with Gasteiger partial charge in [0.2, 0.25) is 0 Å². The van der Waals surface area contributed by atoms with Crippen molar-refractivity contribution in [2.45, 2.75) is 50.4 Å². The van der Waals surface area contributed by atoms with Gasteiger partial charge >= 0.3 is 18.1 Å². The minimum Gasteiger partial charge on any atom is -0.490 e. The molecule has 4 rings (SSSR count). The van der Waals surface area contributed by atoms with E-state index in [4.69, 9.17) is 16.3 Å². The normalized spacial score (nSPS) is 17.4. The van der Waals surface area contributed by atoms with Crippen molar-refractivity contribution in [2.75, 3.05) is 13.1 Å². The summed E-state index contributed by atoms with van der Waals surface area (Å²) >= 11 is 5.89. The van der Waals surface area contributed by atoms with Crippen LogP contribution < -0.4 is 4.74 Å². The number of nitrogens with zero attached hydrogens (tertiary/aromatic N) is 1. The quantitative estimate of drug-likeness (QED) is 0.292. The number of ether oxygens (including phenoxy) is 2. The monoisotopic (exact) mass is 499 g/mol. The summed E-state index contributed by atoms with van der Waals surface area (Å²) in [5, 5.41) is 0.632. The van der Waals surface area contributed by atoms with Crippen molar-refractivity contribution in [1.82, 2.24) is 4.90 Å². The topological polar surface area (TPSA) is 55.8 Å². The Hall–Kier alpha value is -2.65. The van der Waals surface area contributed by atoms with Gasteiger partial charge in [-0.05, 0) is 79.1 Å². The molecule has 0 amide bonds. The molecule has 1 saturated carbocycles. The number of halogens is 5. The molecule has 5 nitrogen and oxygen atoms in total. The summed E-state index contributed by atoms with van der Waals surface area (Å²) < 4.78 is 61.6. The maximum atomic E-state index is 14.7. The zero-order valence-electron chi connectivity index (χ0n) is 18.0. The molecule has 0 bridgehead atoms. The summed E-state index contributed by atoms with van der Waals surface area (Å²) in [6.45, 7) is 1.87. The predicted octanol–water partition coefficient (Wildman–Crippen LogP) is 5.65. The molecule has 0 aromatic heterocycles. The van der Waals surface area contributed by atoms with E-state index in [1.807, 2.05) is 12.1 Å². The van der Waals surface area contributed by atoms with Gasteiger partial charge in [-0.2, -0.15) is 13.2 Å². The third-order valence-electron chi connectivity index (χ3n) is 5.93. The third kappa shape index (κ3) is 6.07. The second-order valence-corrected chi connectivity index (χ2v) is 8.96. The van der Waals surface area contributed by atoms with Crippen molar-refractivity contribution in [3.63, 3.8) is 0 Å². The molecule has 2 aromatic carbocycles. The molecule has 2 fully saturated rings. The molecular weight excluding hydrogens is 478 g/mol. The van der Waals surface area contributed by atoms with Gasteiger partial charge in [-0.25, -0.2) is 14.0 Å². The minimum absolute atomic E-state index is 0.0420. The second kappa shape index (κ2) is 9.92. The maximum Gasteiger partial charge on any atom is 0.491 e. The number of rotatable bonds is 6. The van der Waals surface area contributed by atoms with Crippen LogP contribution in [0.4, 0.5) is 17.6 Å². The lowest BCUT2D eigenvalue weighted by molar-refractivity contribution is -0.193. The van der Waals surface area contributed by atoms with E-state index in [-0.39, 0.29) is 12.0 Å². The third-order valence-corrected chi connectivity index (χ3v) is 6.18. The average molecular weight is 500 g/mol. The molecular formula is C24H22ClF4NO4. The zero-order chi connectivity index (χ0) is 24.5. The van der Waals surface area contributed by atoms with Crippen LogP contribution >= 0.6 is 11.6 Å². The molecule has 0 atom stereocenters. The summed E-state index contributed by atoms with van der Waals surface area (Å²) in [6.07, 6.45) is -2.08. The maximum absolute atomic E-state index is 14.7. The standard InChI is InChI=1S/C24H22ClF4NO4/c25-16-3-5-17(6-4-16)33-18-7-9-30(10-8-18)13-15-11-21(26)20(12-19(15)14-1-2-14)22(31)34-23(32)24(27,28)29/h3-6,11-12,14,18H,1-2,7-10,13H2. The number of carbonyl (C=O) groups is 2. The molecule has 2 aromatic rings. The molecule has 34 heavy (non-hydrogen) atoms. The summed E-state index contributed by atoms with van der Waals surface area (Å²) in [4.78, 5) is 25.1. The molecule has 0 spiro atoms. The van der Waals surface area contributed by atoms with E-state index in [1.165, 1.54) is 12.1 Å². The Morgan fingerprint density at radius 1 is 1.03 bits per heavy atom. The van der Waals surface area contributed by atoms with Gasteiger partial charge in [0.1, 0.15) is 17.7 Å². The van der Waals surface area contributed by atoms with Gasteiger partial charge in [0, 0.05) is 24.7 Å². The lowest BCUT2D eigenvalue weighted by Gasteiger charge is -2.32. The lowest BCUT2D eigenvalue weighted by Crippen LogP contribution is -2.38. The number of hydrogen-bond donors (Lipinski definition) is 0. The molecule has 182 valence electrons. The van der Waals surface area contributed by atoms with Gasteiger partial charge in [-0.1, -0.05) is 11.6 Å². The Balaban J connectivity index is 1.40. The number of likely N-dealkylation sites (tertiary alicyclic amines) is 1. The Bertz CT molecular complexity index is 1060. The van der Waals surface area contributed by atoms with Crippen LogP contribution in [0.1, 0.15) is 53.1 Å². The van der Waals surface area contributed by atoms with Crippen LogP contribution in [-0.2, 0) is 16.1 Å². The first-order valence-corrected chi connectivity index (χ1v) is 11.3. The van der Waals surface area contributed by atoms with Gasteiger partial charge in [-0.15, -0.1) is 0 Å². The van der Waals surface area contributed by atoms with Crippen molar-refractivity contribution >= 4 is 23.5 Å². The fourth-order valence-corrected chi connectivity index (χ4v) is 4.15. The molecule has 0 N–H and O–H groups in total. The van der Waals surface area contributed by atoms with Crippen molar-refractivity contribution in [3.8, 4) is 5.75 Å². The first-order chi connectivity index (χ1) is 16.1. The zero-order valence-corrected chi connectivity index (χ0v) is 18.8. The van der Waals surface area contributed by atoms with Gasteiger partial charge < -0.3 is 9.47 Å².